The number of rotatable bonds is 4. The average Bonchev–Trinajstić information content (AvgIpc) is 2.34. The number of hydrogen-bond acceptors (Lipinski definition) is 2. The van der Waals surface area contributed by atoms with E-state index in [2.05, 4.69) is 48.5 Å². The van der Waals surface area contributed by atoms with Crippen LogP contribution in [-0.2, 0) is 9.53 Å². The third-order valence-electron chi connectivity index (χ3n) is 4.87. The van der Waals surface area contributed by atoms with Gasteiger partial charge < -0.3 is 4.74 Å². The van der Waals surface area contributed by atoms with Gasteiger partial charge in [-0.3, -0.25) is 4.79 Å². The number of hydrogen-bond donors (Lipinski definition) is 0. The summed E-state index contributed by atoms with van der Waals surface area (Å²) in [7, 11) is 0. The Kier molecular flexibility index (Phi) is 5.91. The van der Waals surface area contributed by atoms with Crippen LogP contribution in [-0.4, -0.2) is 11.6 Å². The van der Waals surface area contributed by atoms with Crippen molar-refractivity contribution in [2.45, 2.75) is 99.0 Å². The summed E-state index contributed by atoms with van der Waals surface area (Å²) in [6, 6.07) is 0. The molecule has 0 heterocycles. The molecule has 1 atom stereocenters. The van der Waals surface area contributed by atoms with Crippen LogP contribution < -0.4 is 0 Å². The molecule has 0 spiro atoms. The zero-order chi connectivity index (χ0) is 16.3. The Morgan fingerprint density at radius 2 is 1.57 bits per heavy atom. The summed E-state index contributed by atoms with van der Waals surface area (Å²) in [5.74, 6) is 0.00373. The highest BCUT2D eigenvalue weighted by molar-refractivity contribution is 5.74. The Balaban J connectivity index is 2.85. The van der Waals surface area contributed by atoms with Gasteiger partial charge in [-0.25, -0.2) is 0 Å². The zero-order valence-corrected chi connectivity index (χ0v) is 15.3. The van der Waals surface area contributed by atoms with Gasteiger partial charge in [0.05, 0.1) is 5.92 Å². The normalized spacial score (nSPS) is 20.9. The summed E-state index contributed by atoms with van der Waals surface area (Å²) in [6.07, 6.45) is 7.59. The Bertz CT molecular complexity index is 338. The van der Waals surface area contributed by atoms with E-state index in [9.17, 15) is 4.79 Å². The first-order valence-corrected chi connectivity index (χ1v) is 8.72. The predicted molar refractivity (Wildman–Crippen MR) is 89.2 cm³/mol. The molecule has 0 aromatic rings. The highest BCUT2D eigenvalue weighted by Gasteiger charge is 2.41. The molecule has 2 nitrogen and oxygen atoms in total. The molecule has 21 heavy (non-hydrogen) atoms. The van der Waals surface area contributed by atoms with Gasteiger partial charge in [0.15, 0.2) is 0 Å². The van der Waals surface area contributed by atoms with Gasteiger partial charge in [0, 0.05) is 0 Å². The van der Waals surface area contributed by atoms with E-state index in [1.165, 1.54) is 19.3 Å². The zero-order valence-electron chi connectivity index (χ0n) is 15.3. The minimum absolute atomic E-state index is 0.0251. The van der Waals surface area contributed by atoms with Gasteiger partial charge in [-0.2, -0.15) is 0 Å². The maximum atomic E-state index is 12.9. The van der Waals surface area contributed by atoms with Crippen LogP contribution in [0.15, 0.2) is 0 Å². The van der Waals surface area contributed by atoms with Crippen molar-refractivity contribution in [3.63, 3.8) is 0 Å². The third-order valence-corrected chi connectivity index (χ3v) is 4.87. The van der Waals surface area contributed by atoms with Crippen molar-refractivity contribution in [2.75, 3.05) is 0 Å². The summed E-state index contributed by atoms with van der Waals surface area (Å²) in [4.78, 5) is 12.9. The highest BCUT2D eigenvalue weighted by Crippen LogP contribution is 2.40. The molecule has 1 fully saturated rings. The molecule has 0 saturated heterocycles. The van der Waals surface area contributed by atoms with Crippen LogP contribution in [0.4, 0.5) is 0 Å². The SMILES string of the molecule is CCC1(OC(=O)C(CC(C)(C)C)C(C)(C)C)CCCCC1. The monoisotopic (exact) mass is 296 g/mol. The van der Waals surface area contributed by atoms with Crippen LogP contribution in [0.3, 0.4) is 0 Å². The van der Waals surface area contributed by atoms with Gasteiger partial charge in [-0.1, -0.05) is 54.9 Å². The summed E-state index contributed by atoms with van der Waals surface area (Å²) >= 11 is 0. The molecule has 0 aromatic carbocycles. The summed E-state index contributed by atoms with van der Waals surface area (Å²) in [6.45, 7) is 15.2. The molecule has 1 saturated carbocycles. The predicted octanol–water partition coefficient (Wildman–Crippen LogP) is 5.74. The van der Waals surface area contributed by atoms with Crippen molar-refractivity contribution in [2.24, 2.45) is 16.7 Å². The van der Waals surface area contributed by atoms with Gasteiger partial charge in [-0.05, 0) is 49.4 Å². The highest BCUT2D eigenvalue weighted by atomic mass is 16.6. The quantitative estimate of drug-likeness (QED) is 0.618. The first kappa shape index (κ1) is 18.5. The minimum Gasteiger partial charge on any atom is -0.459 e. The lowest BCUT2D eigenvalue weighted by molar-refractivity contribution is -0.174. The molecule has 0 aliphatic heterocycles. The smallest absolute Gasteiger partial charge is 0.310 e. The summed E-state index contributed by atoms with van der Waals surface area (Å²) in [5.41, 5.74) is -0.0897. The van der Waals surface area contributed by atoms with Crippen LogP contribution in [0, 0.1) is 16.7 Å². The van der Waals surface area contributed by atoms with Crippen LogP contribution in [0.25, 0.3) is 0 Å². The van der Waals surface area contributed by atoms with E-state index in [-0.39, 0.29) is 28.3 Å². The topological polar surface area (TPSA) is 26.3 Å². The second kappa shape index (κ2) is 6.71. The maximum Gasteiger partial charge on any atom is 0.310 e. The van der Waals surface area contributed by atoms with Gasteiger partial charge in [0.2, 0.25) is 0 Å². The van der Waals surface area contributed by atoms with Crippen molar-refractivity contribution in [3.05, 3.63) is 0 Å². The summed E-state index contributed by atoms with van der Waals surface area (Å²) < 4.78 is 6.12. The van der Waals surface area contributed by atoms with E-state index in [4.69, 9.17) is 4.74 Å². The van der Waals surface area contributed by atoms with Crippen LogP contribution in [0.2, 0.25) is 0 Å². The lowest BCUT2D eigenvalue weighted by Crippen LogP contribution is -2.42. The molecule has 0 bridgehead atoms. The second-order valence-corrected chi connectivity index (χ2v) is 9.20. The molecule has 1 aliphatic carbocycles. The third kappa shape index (κ3) is 5.64. The van der Waals surface area contributed by atoms with Gasteiger partial charge in [0.1, 0.15) is 5.60 Å². The van der Waals surface area contributed by atoms with Gasteiger partial charge >= 0.3 is 5.97 Å². The molecule has 0 radical (unpaired) electrons. The fraction of sp³-hybridized carbons (Fsp3) is 0.947. The van der Waals surface area contributed by atoms with E-state index in [0.717, 1.165) is 25.7 Å². The van der Waals surface area contributed by atoms with Crippen molar-refractivity contribution < 1.29 is 9.53 Å². The number of ether oxygens (including phenoxy) is 1. The summed E-state index contributed by atoms with van der Waals surface area (Å²) in [5, 5.41) is 0. The Hall–Kier alpha value is -0.530. The number of carbonyl (C=O) groups excluding carboxylic acids is 1. The van der Waals surface area contributed by atoms with Gasteiger partial charge in [-0.15, -0.1) is 0 Å². The van der Waals surface area contributed by atoms with Crippen LogP contribution in [0.1, 0.15) is 93.4 Å². The molecule has 124 valence electrons. The van der Waals surface area contributed by atoms with Crippen molar-refractivity contribution >= 4 is 5.97 Å². The van der Waals surface area contributed by atoms with Crippen LogP contribution in [0.5, 0.6) is 0 Å². The molecule has 1 rings (SSSR count). The first-order chi connectivity index (χ1) is 9.49. The molecule has 0 aromatic heterocycles. The fourth-order valence-electron chi connectivity index (χ4n) is 3.36. The molecule has 0 amide bonds. The Labute approximate surface area is 132 Å². The van der Waals surface area contributed by atoms with Gasteiger partial charge in [0.25, 0.3) is 0 Å². The molecular weight excluding hydrogens is 260 g/mol. The molecule has 1 aliphatic rings. The molecule has 2 heteroatoms. The number of esters is 1. The van der Waals surface area contributed by atoms with E-state index in [0.29, 0.717) is 0 Å². The van der Waals surface area contributed by atoms with Crippen molar-refractivity contribution in [1.82, 2.24) is 0 Å². The van der Waals surface area contributed by atoms with Crippen molar-refractivity contribution in [1.29, 1.82) is 0 Å². The fourth-order valence-corrected chi connectivity index (χ4v) is 3.36. The molecular formula is C19H36O2. The molecule has 1 unspecified atom stereocenters. The first-order valence-electron chi connectivity index (χ1n) is 8.72. The maximum absolute atomic E-state index is 12.9. The standard InChI is InChI=1S/C19H36O2/c1-8-19(12-10-9-11-13-19)21-16(20)15(18(5,6)7)14-17(2,3)4/h15H,8-14H2,1-7H3. The lowest BCUT2D eigenvalue weighted by Gasteiger charge is -2.40. The van der Waals surface area contributed by atoms with E-state index in [1.54, 1.807) is 0 Å². The number of carbonyl (C=O) groups is 1. The molecule has 0 N–H and O–H groups in total. The van der Waals surface area contributed by atoms with E-state index in [1.807, 2.05) is 0 Å². The van der Waals surface area contributed by atoms with Crippen LogP contribution >= 0.6 is 0 Å². The van der Waals surface area contributed by atoms with E-state index < -0.39 is 0 Å². The van der Waals surface area contributed by atoms with E-state index >= 15 is 0 Å². The minimum atomic E-state index is -0.184. The average molecular weight is 296 g/mol. The van der Waals surface area contributed by atoms with Crippen molar-refractivity contribution in [3.8, 4) is 0 Å². The lowest BCUT2D eigenvalue weighted by atomic mass is 9.72. The Morgan fingerprint density at radius 1 is 1.05 bits per heavy atom. The Morgan fingerprint density at radius 3 is 1.95 bits per heavy atom. The second-order valence-electron chi connectivity index (χ2n) is 9.20. The largest absolute Gasteiger partial charge is 0.459 e.